The highest BCUT2D eigenvalue weighted by Gasteiger charge is 2.17. The summed E-state index contributed by atoms with van der Waals surface area (Å²) in [4.78, 5) is 7.08. The Balaban J connectivity index is 0.922. The molecule has 0 N–H and O–H groups in total. The Morgan fingerprint density at radius 1 is 0.288 bits per heavy atom. The third-order valence-corrected chi connectivity index (χ3v) is 11.1. The van der Waals surface area contributed by atoms with Gasteiger partial charge in [0.05, 0.1) is 0 Å². The zero-order valence-corrected chi connectivity index (χ0v) is 32.0. The minimum Gasteiger partial charge on any atom is -0.456 e. The average Bonchev–Trinajstić information content (AvgIpc) is 3.90. The monoisotopic (exact) mass is 756 g/mol. The van der Waals surface area contributed by atoms with Crippen LogP contribution in [0.25, 0.3) is 89.0 Å². The van der Waals surface area contributed by atoms with Crippen LogP contribution in [-0.2, 0) is 0 Å². The predicted molar refractivity (Wildman–Crippen MR) is 243 cm³/mol. The van der Waals surface area contributed by atoms with Gasteiger partial charge in [0.1, 0.15) is 16.7 Å². The van der Waals surface area contributed by atoms with Gasteiger partial charge in [-0.3, -0.25) is 0 Å². The molecule has 0 aliphatic carbocycles. The van der Waals surface area contributed by atoms with Crippen LogP contribution in [0.1, 0.15) is 0 Å². The lowest BCUT2D eigenvalue weighted by atomic mass is 9.99. The quantitative estimate of drug-likeness (QED) is 0.155. The Bertz CT molecular complexity index is 3220. The molecule has 0 fully saturated rings. The summed E-state index contributed by atoms with van der Waals surface area (Å²) in [7, 11) is 0. The van der Waals surface area contributed by atoms with Crippen molar-refractivity contribution in [1.29, 1.82) is 0 Å². The standard InChI is InChI=1S/C55H36N2O2/c1-4-11-37(12-5-1)39-19-21-40(22-20-39)41-23-28-46(29-24-41)57(48-18-10-17-44(33-48)38-13-6-2-7-14-38)47-30-25-42(26-31-47)45-27-32-49-50-35-54-51(36-53(50)58-52(49)34-45)56-55(59-54)43-15-8-3-9-16-43/h1-36H. The fraction of sp³-hybridized carbons (Fsp3) is 0. The number of nitrogens with zero attached hydrogens (tertiary/aromatic N) is 2. The van der Waals surface area contributed by atoms with Crippen molar-refractivity contribution in [3.63, 3.8) is 0 Å². The largest absolute Gasteiger partial charge is 0.456 e. The number of aromatic nitrogens is 1. The number of anilines is 3. The van der Waals surface area contributed by atoms with Crippen molar-refractivity contribution in [2.75, 3.05) is 4.90 Å². The molecule has 4 heteroatoms. The van der Waals surface area contributed by atoms with Gasteiger partial charge < -0.3 is 13.7 Å². The topological polar surface area (TPSA) is 42.4 Å². The smallest absolute Gasteiger partial charge is 0.227 e. The van der Waals surface area contributed by atoms with Crippen LogP contribution < -0.4 is 4.90 Å². The number of oxazole rings is 1. The Morgan fingerprint density at radius 2 is 0.746 bits per heavy atom. The molecule has 0 aliphatic rings. The van der Waals surface area contributed by atoms with Crippen molar-refractivity contribution < 1.29 is 8.83 Å². The summed E-state index contributed by atoms with van der Waals surface area (Å²) < 4.78 is 12.6. The number of benzene rings is 9. The van der Waals surface area contributed by atoms with Gasteiger partial charge in [0, 0.05) is 39.5 Å². The van der Waals surface area contributed by atoms with E-state index in [0.717, 1.165) is 66.8 Å². The van der Waals surface area contributed by atoms with Gasteiger partial charge in [0.25, 0.3) is 0 Å². The molecule has 0 atom stereocenters. The minimum atomic E-state index is 0.604. The normalized spacial score (nSPS) is 11.4. The maximum absolute atomic E-state index is 6.44. The van der Waals surface area contributed by atoms with Crippen LogP contribution in [0.15, 0.2) is 227 Å². The molecule has 11 aromatic rings. The Hall–Kier alpha value is -7.95. The van der Waals surface area contributed by atoms with E-state index >= 15 is 0 Å². The molecule has 0 amide bonds. The molecule has 0 spiro atoms. The number of fused-ring (bicyclic) bond motifs is 4. The van der Waals surface area contributed by atoms with E-state index in [1.807, 2.05) is 42.5 Å². The van der Waals surface area contributed by atoms with Crippen LogP contribution >= 0.6 is 0 Å². The van der Waals surface area contributed by atoms with Crippen LogP contribution in [-0.4, -0.2) is 4.98 Å². The lowest BCUT2D eigenvalue weighted by molar-refractivity contribution is 0.620. The number of rotatable bonds is 8. The van der Waals surface area contributed by atoms with Crippen molar-refractivity contribution >= 4 is 50.1 Å². The summed E-state index contributed by atoms with van der Waals surface area (Å²) in [5, 5.41) is 2.05. The second-order valence-corrected chi connectivity index (χ2v) is 14.8. The number of hydrogen-bond donors (Lipinski definition) is 0. The van der Waals surface area contributed by atoms with Gasteiger partial charge in [-0.1, -0.05) is 146 Å². The van der Waals surface area contributed by atoms with Gasteiger partial charge in [-0.15, -0.1) is 0 Å². The van der Waals surface area contributed by atoms with Gasteiger partial charge in [-0.2, -0.15) is 0 Å². The third-order valence-electron chi connectivity index (χ3n) is 11.1. The van der Waals surface area contributed by atoms with Gasteiger partial charge in [0.15, 0.2) is 5.58 Å². The number of hydrogen-bond acceptors (Lipinski definition) is 4. The maximum Gasteiger partial charge on any atom is 0.227 e. The fourth-order valence-electron chi connectivity index (χ4n) is 8.08. The summed E-state index contributed by atoms with van der Waals surface area (Å²) in [6, 6.07) is 76.7. The van der Waals surface area contributed by atoms with E-state index in [4.69, 9.17) is 13.8 Å². The van der Waals surface area contributed by atoms with Crippen LogP contribution in [0.3, 0.4) is 0 Å². The molecule has 278 valence electrons. The zero-order valence-electron chi connectivity index (χ0n) is 32.0. The van der Waals surface area contributed by atoms with Crippen LogP contribution in [0, 0.1) is 0 Å². The van der Waals surface area contributed by atoms with Crippen molar-refractivity contribution in [2.45, 2.75) is 0 Å². The van der Waals surface area contributed by atoms with E-state index < -0.39 is 0 Å². The first-order valence-corrected chi connectivity index (χ1v) is 19.8. The fourth-order valence-corrected chi connectivity index (χ4v) is 8.08. The number of furan rings is 1. The molecule has 0 radical (unpaired) electrons. The predicted octanol–water partition coefficient (Wildman–Crippen LogP) is 15.5. The highest BCUT2D eigenvalue weighted by Crippen LogP contribution is 2.40. The molecule has 59 heavy (non-hydrogen) atoms. The molecular formula is C55H36N2O2. The molecule has 0 unspecified atom stereocenters. The van der Waals surface area contributed by atoms with Gasteiger partial charge in [0.2, 0.25) is 5.89 Å². The van der Waals surface area contributed by atoms with E-state index in [1.54, 1.807) is 0 Å². The summed E-state index contributed by atoms with van der Waals surface area (Å²) in [6.45, 7) is 0. The van der Waals surface area contributed by atoms with Crippen LogP contribution in [0.4, 0.5) is 17.1 Å². The van der Waals surface area contributed by atoms with E-state index in [-0.39, 0.29) is 0 Å². The highest BCUT2D eigenvalue weighted by atomic mass is 16.4. The van der Waals surface area contributed by atoms with Crippen molar-refractivity contribution in [1.82, 2.24) is 4.98 Å². The molecular weight excluding hydrogens is 721 g/mol. The minimum absolute atomic E-state index is 0.604. The Morgan fingerprint density at radius 3 is 1.36 bits per heavy atom. The molecule has 0 saturated carbocycles. The molecule has 11 rings (SSSR count). The van der Waals surface area contributed by atoms with Gasteiger partial charge in [-0.05, 0) is 111 Å². The SMILES string of the molecule is c1ccc(-c2ccc(-c3ccc(N(c4ccc(-c5ccc6c(c5)oc5cc7nc(-c8ccccc8)oc7cc56)cc4)c4cccc(-c5ccccc5)c4)cc3)cc2)cc1. The molecule has 2 aromatic heterocycles. The van der Waals surface area contributed by atoms with Crippen LogP contribution in [0.5, 0.6) is 0 Å². The summed E-state index contributed by atoms with van der Waals surface area (Å²) in [5.74, 6) is 0.604. The first-order chi connectivity index (χ1) is 29.2. The first kappa shape index (κ1) is 34.3. The lowest BCUT2D eigenvalue weighted by Crippen LogP contribution is -2.10. The van der Waals surface area contributed by atoms with E-state index in [9.17, 15) is 0 Å². The van der Waals surface area contributed by atoms with E-state index in [2.05, 4.69) is 181 Å². The van der Waals surface area contributed by atoms with Crippen molar-refractivity contribution in [3.8, 4) is 56.0 Å². The maximum atomic E-state index is 6.44. The van der Waals surface area contributed by atoms with Gasteiger partial charge >= 0.3 is 0 Å². The molecule has 4 nitrogen and oxygen atoms in total. The van der Waals surface area contributed by atoms with E-state index in [1.165, 1.54) is 33.4 Å². The molecule has 0 saturated heterocycles. The third kappa shape index (κ3) is 6.53. The Kier molecular flexibility index (Phi) is 8.45. The van der Waals surface area contributed by atoms with E-state index in [0.29, 0.717) is 5.89 Å². The van der Waals surface area contributed by atoms with Crippen molar-refractivity contribution in [2.24, 2.45) is 0 Å². The Labute approximate surface area is 341 Å². The van der Waals surface area contributed by atoms with Gasteiger partial charge in [-0.25, -0.2) is 4.98 Å². The second kappa shape index (κ2) is 14.5. The summed E-state index contributed by atoms with van der Waals surface area (Å²) >= 11 is 0. The average molecular weight is 757 g/mol. The van der Waals surface area contributed by atoms with Crippen molar-refractivity contribution in [3.05, 3.63) is 218 Å². The lowest BCUT2D eigenvalue weighted by Gasteiger charge is -2.26. The first-order valence-electron chi connectivity index (χ1n) is 19.8. The zero-order chi connectivity index (χ0) is 39.1. The highest BCUT2D eigenvalue weighted by molar-refractivity contribution is 6.09. The molecule has 0 aliphatic heterocycles. The summed E-state index contributed by atoms with van der Waals surface area (Å²) in [5.41, 5.74) is 16.6. The van der Waals surface area contributed by atoms with Crippen LogP contribution in [0.2, 0.25) is 0 Å². The molecule has 0 bridgehead atoms. The second-order valence-electron chi connectivity index (χ2n) is 14.8. The summed E-state index contributed by atoms with van der Waals surface area (Å²) in [6.07, 6.45) is 0. The molecule has 2 heterocycles. The molecule has 9 aromatic carbocycles.